The SMILES string of the molecule is COCC(C)N(C)CCCNC1CC1. The highest BCUT2D eigenvalue weighted by Crippen LogP contribution is 2.18. The van der Waals surface area contributed by atoms with Gasteiger partial charge in [0.05, 0.1) is 6.61 Å². The van der Waals surface area contributed by atoms with Crippen LogP contribution in [-0.4, -0.2) is 50.8 Å². The lowest BCUT2D eigenvalue weighted by molar-refractivity contribution is 0.115. The van der Waals surface area contributed by atoms with Crippen molar-refractivity contribution in [3.05, 3.63) is 0 Å². The van der Waals surface area contributed by atoms with Crippen LogP contribution >= 0.6 is 0 Å². The van der Waals surface area contributed by atoms with Crippen LogP contribution in [0.25, 0.3) is 0 Å². The first-order chi connectivity index (χ1) is 6.74. The summed E-state index contributed by atoms with van der Waals surface area (Å²) >= 11 is 0. The van der Waals surface area contributed by atoms with Crippen LogP contribution in [0, 0.1) is 0 Å². The van der Waals surface area contributed by atoms with E-state index >= 15 is 0 Å². The molecule has 0 aromatic rings. The molecule has 0 bridgehead atoms. The predicted molar refractivity (Wildman–Crippen MR) is 59.6 cm³/mol. The summed E-state index contributed by atoms with van der Waals surface area (Å²) in [4.78, 5) is 2.36. The minimum atomic E-state index is 0.529. The van der Waals surface area contributed by atoms with E-state index in [9.17, 15) is 0 Å². The Bertz CT molecular complexity index is 148. The first kappa shape index (κ1) is 12.0. The van der Waals surface area contributed by atoms with Gasteiger partial charge >= 0.3 is 0 Å². The van der Waals surface area contributed by atoms with E-state index in [4.69, 9.17) is 4.74 Å². The van der Waals surface area contributed by atoms with Gasteiger partial charge < -0.3 is 15.0 Å². The standard InChI is InChI=1S/C11H24N2O/c1-10(9-14-3)13(2)8-4-7-12-11-5-6-11/h10-12H,4-9H2,1-3H3. The number of hydrogen-bond acceptors (Lipinski definition) is 3. The van der Waals surface area contributed by atoms with Gasteiger partial charge in [-0.3, -0.25) is 0 Å². The van der Waals surface area contributed by atoms with Crippen LogP contribution in [0.1, 0.15) is 26.2 Å². The zero-order chi connectivity index (χ0) is 10.4. The lowest BCUT2D eigenvalue weighted by Crippen LogP contribution is -2.34. The maximum absolute atomic E-state index is 5.12. The number of rotatable bonds is 8. The second-order valence-electron chi connectivity index (χ2n) is 4.37. The average Bonchev–Trinajstić information content (AvgIpc) is 2.96. The maximum atomic E-state index is 5.12. The van der Waals surface area contributed by atoms with Crippen LogP contribution in [-0.2, 0) is 4.74 Å². The molecule has 0 spiro atoms. The summed E-state index contributed by atoms with van der Waals surface area (Å²) in [5.41, 5.74) is 0. The summed E-state index contributed by atoms with van der Waals surface area (Å²) in [5, 5.41) is 3.52. The summed E-state index contributed by atoms with van der Waals surface area (Å²) in [7, 11) is 3.93. The van der Waals surface area contributed by atoms with Gasteiger partial charge in [0.1, 0.15) is 0 Å². The van der Waals surface area contributed by atoms with E-state index in [2.05, 4.69) is 24.2 Å². The van der Waals surface area contributed by atoms with E-state index in [1.807, 2.05) is 0 Å². The molecule has 84 valence electrons. The van der Waals surface area contributed by atoms with Gasteiger partial charge in [0.15, 0.2) is 0 Å². The molecule has 1 fully saturated rings. The highest BCUT2D eigenvalue weighted by Gasteiger charge is 2.19. The molecule has 0 aromatic heterocycles. The van der Waals surface area contributed by atoms with Crippen molar-refractivity contribution in [2.75, 3.05) is 33.9 Å². The zero-order valence-electron chi connectivity index (χ0n) is 9.75. The minimum Gasteiger partial charge on any atom is -0.383 e. The third kappa shape index (κ3) is 4.94. The quantitative estimate of drug-likeness (QED) is 0.594. The van der Waals surface area contributed by atoms with Crippen molar-refractivity contribution < 1.29 is 4.74 Å². The van der Waals surface area contributed by atoms with Crippen molar-refractivity contribution in [3.8, 4) is 0 Å². The molecular weight excluding hydrogens is 176 g/mol. The fourth-order valence-corrected chi connectivity index (χ4v) is 1.51. The van der Waals surface area contributed by atoms with Crippen LogP contribution < -0.4 is 5.32 Å². The Morgan fingerprint density at radius 3 is 2.79 bits per heavy atom. The van der Waals surface area contributed by atoms with Crippen molar-refractivity contribution in [2.24, 2.45) is 0 Å². The third-order valence-corrected chi connectivity index (χ3v) is 2.86. The average molecular weight is 200 g/mol. The fraction of sp³-hybridized carbons (Fsp3) is 1.00. The number of nitrogens with zero attached hydrogens (tertiary/aromatic N) is 1. The first-order valence-corrected chi connectivity index (χ1v) is 5.66. The van der Waals surface area contributed by atoms with Gasteiger partial charge in [-0.15, -0.1) is 0 Å². The number of ether oxygens (including phenoxy) is 1. The van der Waals surface area contributed by atoms with Crippen LogP contribution in [0.4, 0.5) is 0 Å². The zero-order valence-corrected chi connectivity index (χ0v) is 9.75. The summed E-state index contributed by atoms with van der Waals surface area (Å²) in [5.74, 6) is 0. The normalized spacial score (nSPS) is 18.9. The Balaban J connectivity index is 1.92. The summed E-state index contributed by atoms with van der Waals surface area (Å²) in [6.07, 6.45) is 4.01. The number of nitrogens with one attached hydrogen (secondary N) is 1. The van der Waals surface area contributed by atoms with E-state index in [-0.39, 0.29) is 0 Å². The van der Waals surface area contributed by atoms with E-state index in [0.717, 1.165) is 25.7 Å². The molecule has 14 heavy (non-hydrogen) atoms. The van der Waals surface area contributed by atoms with Crippen LogP contribution in [0.15, 0.2) is 0 Å². The summed E-state index contributed by atoms with van der Waals surface area (Å²) < 4.78 is 5.12. The maximum Gasteiger partial charge on any atom is 0.0615 e. The topological polar surface area (TPSA) is 24.5 Å². The van der Waals surface area contributed by atoms with Crippen molar-refractivity contribution in [2.45, 2.75) is 38.3 Å². The smallest absolute Gasteiger partial charge is 0.0615 e. The molecule has 0 aliphatic heterocycles. The monoisotopic (exact) mass is 200 g/mol. The Hall–Kier alpha value is -0.120. The van der Waals surface area contributed by atoms with Gasteiger partial charge in [-0.1, -0.05) is 0 Å². The Labute approximate surface area is 87.8 Å². The van der Waals surface area contributed by atoms with Gasteiger partial charge in [-0.05, 0) is 46.3 Å². The largest absolute Gasteiger partial charge is 0.383 e. The van der Waals surface area contributed by atoms with E-state index in [1.54, 1.807) is 7.11 Å². The Morgan fingerprint density at radius 1 is 1.50 bits per heavy atom. The van der Waals surface area contributed by atoms with E-state index in [0.29, 0.717) is 6.04 Å². The molecule has 0 aromatic carbocycles. The molecule has 1 unspecified atom stereocenters. The lowest BCUT2D eigenvalue weighted by atomic mass is 10.3. The van der Waals surface area contributed by atoms with Crippen LogP contribution in [0.2, 0.25) is 0 Å². The first-order valence-electron chi connectivity index (χ1n) is 5.66. The second-order valence-corrected chi connectivity index (χ2v) is 4.37. The Kier molecular flexibility index (Phi) is 5.45. The predicted octanol–water partition coefficient (Wildman–Crippen LogP) is 1.10. The van der Waals surface area contributed by atoms with Gasteiger partial charge in [-0.2, -0.15) is 0 Å². The highest BCUT2D eigenvalue weighted by molar-refractivity contribution is 4.80. The Morgan fingerprint density at radius 2 is 2.21 bits per heavy atom. The molecule has 0 heterocycles. The molecule has 1 atom stereocenters. The second kappa shape index (κ2) is 6.38. The number of methoxy groups -OCH3 is 1. The van der Waals surface area contributed by atoms with Crippen molar-refractivity contribution in [1.29, 1.82) is 0 Å². The molecule has 1 rings (SSSR count). The molecule has 3 heteroatoms. The van der Waals surface area contributed by atoms with Gasteiger partial charge in [0.2, 0.25) is 0 Å². The molecule has 1 saturated carbocycles. The van der Waals surface area contributed by atoms with E-state index < -0.39 is 0 Å². The summed E-state index contributed by atoms with van der Waals surface area (Å²) in [6, 6.07) is 1.37. The molecule has 0 saturated heterocycles. The van der Waals surface area contributed by atoms with Crippen molar-refractivity contribution in [1.82, 2.24) is 10.2 Å². The third-order valence-electron chi connectivity index (χ3n) is 2.86. The molecule has 1 aliphatic rings. The van der Waals surface area contributed by atoms with Crippen LogP contribution in [0.3, 0.4) is 0 Å². The lowest BCUT2D eigenvalue weighted by Gasteiger charge is -2.23. The van der Waals surface area contributed by atoms with E-state index in [1.165, 1.54) is 19.3 Å². The molecular formula is C11H24N2O. The van der Waals surface area contributed by atoms with Gasteiger partial charge in [0.25, 0.3) is 0 Å². The summed E-state index contributed by atoms with van der Waals surface area (Å²) in [6.45, 7) is 5.35. The van der Waals surface area contributed by atoms with Crippen molar-refractivity contribution in [3.63, 3.8) is 0 Å². The van der Waals surface area contributed by atoms with Gasteiger partial charge in [0, 0.05) is 19.2 Å². The molecule has 1 N–H and O–H groups in total. The van der Waals surface area contributed by atoms with Crippen LogP contribution in [0.5, 0.6) is 0 Å². The molecule has 1 aliphatic carbocycles. The fourth-order valence-electron chi connectivity index (χ4n) is 1.51. The number of likely N-dealkylation sites (N-methyl/N-ethyl adjacent to an activating group) is 1. The molecule has 0 radical (unpaired) electrons. The molecule has 0 amide bonds. The highest BCUT2D eigenvalue weighted by atomic mass is 16.5. The molecule has 3 nitrogen and oxygen atoms in total. The van der Waals surface area contributed by atoms with Gasteiger partial charge in [-0.25, -0.2) is 0 Å². The minimum absolute atomic E-state index is 0.529. The number of hydrogen-bond donors (Lipinski definition) is 1. The van der Waals surface area contributed by atoms with Crippen molar-refractivity contribution >= 4 is 0 Å².